The van der Waals surface area contributed by atoms with Crippen LogP contribution in [0.4, 0.5) is 0 Å². The number of aromatic nitrogens is 2. The molecule has 0 bridgehead atoms. The van der Waals surface area contributed by atoms with E-state index in [-0.39, 0.29) is 17.5 Å². The first kappa shape index (κ1) is 24.9. The van der Waals surface area contributed by atoms with Gasteiger partial charge in [-0.3, -0.25) is 14.2 Å². The Kier molecular flexibility index (Phi) is 7.46. The van der Waals surface area contributed by atoms with E-state index in [2.05, 4.69) is 5.32 Å². The van der Waals surface area contributed by atoms with E-state index < -0.39 is 0 Å². The predicted molar refractivity (Wildman–Crippen MR) is 146 cm³/mol. The highest BCUT2D eigenvalue weighted by atomic mass is 32.2. The number of thioether (sulfide) groups is 1. The highest BCUT2D eigenvalue weighted by molar-refractivity contribution is 7.98. The summed E-state index contributed by atoms with van der Waals surface area (Å²) in [5, 5.41) is 4.09. The molecule has 0 radical (unpaired) electrons. The van der Waals surface area contributed by atoms with Crippen LogP contribution in [-0.4, -0.2) is 35.7 Å². The fourth-order valence-corrected chi connectivity index (χ4v) is 5.59. The number of hydrogen-bond acceptors (Lipinski definition) is 6. The number of nitrogens with zero attached hydrogens (tertiary/aromatic N) is 2. The third-order valence-corrected chi connectivity index (χ3v) is 7.61. The number of amides is 1. The van der Waals surface area contributed by atoms with Gasteiger partial charge in [0, 0.05) is 23.4 Å². The van der Waals surface area contributed by atoms with Gasteiger partial charge in [-0.15, -0.1) is 0 Å². The summed E-state index contributed by atoms with van der Waals surface area (Å²) >= 11 is 1.45. The van der Waals surface area contributed by atoms with Gasteiger partial charge in [-0.2, -0.15) is 0 Å². The largest absolute Gasteiger partial charge is 0.497 e. The molecule has 1 aliphatic carbocycles. The number of benzene rings is 3. The van der Waals surface area contributed by atoms with Crippen molar-refractivity contribution in [2.24, 2.45) is 0 Å². The van der Waals surface area contributed by atoms with Crippen molar-refractivity contribution in [1.82, 2.24) is 14.9 Å². The summed E-state index contributed by atoms with van der Waals surface area (Å²) in [5.74, 6) is 1.87. The van der Waals surface area contributed by atoms with Crippen molar-refractivity contribution in [1.29, 1.82) is 0 Å². The van der Waals surface area contributed by atoms with Crippen LogP contribution < -0.4 is 20.3 Å². The quantitative estimate of drug-likeness (QED) is 0.251. The van der Waals surface area contributed by atoms with Gasteiger partial charge in [0.05, 0.1) is 30.8 Å². The lowest BCUT2D eigenvalue weighted by molar-refractivity contribution is 0.0938. The molecular weight excluding hydrogens is 486 g/mol. The Bertz CT molecular complexity index is 1490. The van der Waals surface area contributed by atoms with Crippen LogP contribution in [0.2, 0.25) is 0 Å². The van der Waals surface area contributed by atoms with Crippen molar-refractivity contribution in [3.05, 3.63) is 88.2 Å². The van der Waals surface area contributed by atoms with Gasteiger partial charge in [0.1, 0.15) is 11.5 Å². The molecule has 1 aliphatic rings. The molecule has 0 saturated heterocycles. The number of carbonyl (C=O) groups is 1. The van der Waals surface area contributed by atoms with Crippen LogP contribution in [0.15, 0.2) is 76.7 Å². The first-order chi connectivity index (χ1) is 18.1. The second-order valence-electron chi connectivity index (χ2n) is 9.06. The zero-order valence-electron chi connectivity index (χ0n) is 20.9. The van der Waals surface area contributed by atoms with Crippen LogP contribution >= 0.6 is 11.8 Å². The number of carbonyl (C=O) groups excluding carboxylic acids is 1. The lowest BCUT2D eigenvalue weighted by atomic mass is 10.1. The average Bonchev–Trinajstić information content (AvgIpc) is 3.45. The molecule has 0 spiro atoms. The van der Waals surface area contributed by atoms with Gasteiger partial charge in [0.15, 0.2) is 5.16 Å². The summed E-state index contributed by atoms with van der Waals surface area (Å²) in [6, 6.07) is 20.5. The Balaban J connectivity index is 1.56. The molecular formula is C29H29N3O4S. The summed E-state index contributed by atoms with van der Waals surface area (Å²) in [4.78, 5) is 31.5. The van der Waals surface area contributed by atoms with Crippen molar-refractivity contribution >= 4 is 28.6 Å². The molecule has 1 saturated carbocycles. The fraction of sp³-hybridized carbons (Fsp3) is 0.276. The number of hydrogen-bond donors (Lipinski definition) is 1. The van der Waals surface area contributed by atoms with Crippen LogP contribution in [0.1, 0.15) is 41.6 Å². The van der Waals surface area contributed by atoms with E-state index in [1.165, 1.54) is 11.8 Å². The van der Waals surface area contributed by atoms with Crippen molar-refractivity contribution < 1.29 is 14.3 Å². The zero-order valence-corrected chi connectivity index (χ0v) is 21.7. The Morgan fingerprint density at radius 3 is 2.49 bits per heavy atom. The maximum Gasteiger partial charge on any atom is 0.266 e. The number of fused-ring (bicyclic) bond motifs is 1. The van der Waals surface area contributed by atoms with Crippen molar-refractivity contribution in [2.75, 3.05) is 14.2 Å². The van der Waals surface area contributed by atoms with Gasteiger partial charge in [-0.05, 0) is 60.9 Å². The summed E-state index contributed by atoms with van der Waals surface area (Å²) in [6.45, 7) is 0. The van der Waals surface area contributed by atoms with E-state index in [4.69, 9.17) is 14.5 Å². The summed E-state index contributed by atoms with van der Waals surface area (Å²) in [7, 11) is 3.23. The SMILES string of the molecule is COc1cccc(CSc2nc3cc(C(=O)NC4CCCC4)ccc3c(=O)n2-c2cccc(OC)c2)c1. The monoisotopic (exact) mass is 515 g/mol. The molecule has 1 N–H and O–H groups in total. The van der Waals surface area contributed by atoms with Gasteiger partial charge in [0.2, 0.25) is 0 Å². The Labute approximate surface area is 219 Å². The van der Waals surface area contributed by atoms with Gasteiger partial charge >= 0.3 is 0 Å². The average molecular weight is 516 g/mol. The molecule has 5 rings (SSSR count). The minimum absolute atomic E-state index is 0.127. The number of nitrogens with one attached hydrogen (secondary N) is 1. The number of rotatable bonds is 8. The van der Waals surface area contributed by atoms with Gasteiger partial charge in [-0.1, -0.05) is 42.8 Å². The molecule has 3 aromatic carbocycles. The molecule has 0 aliphatic heterocycles. The first-order valence-corrected chi connectivity index (χ1v) is 13.3. The zero-order chi connectivity index (χ0) is 25.8. The van der Waals surface area contributed by atoms with E-state index in [0.29, 0.717) is 38.8 Å². The van der Waals surface area contributed by atoms with Crippen LogP contribution in [0.3, 0.4) is 0 Å². The van der Waals surface area contributed by atoms with E-state index in [0.717, 1.165) is 37.0 Å². The minimum atomic E-state index is -0.200. The molecule has 37 heavy (non-hydrogen) atoms. The Hall–Kier alpha value is -3.78. The normalized spacial score (nSPS) is 13.6. The second-order valence-corrected chi connectivity index (χ2v) is 10.0. The van der Waals surface area contributed by atoms with Crippen molar-refractivity contribution in [2.45, 2.75) is 42.6 Å². The minimum Gasteiger partial charge on any atom is -0.497 e. The number of ether oxygens (including phenoxy) is 2. The maximum absolute atomic E-state index is 13.8. The van der Waals surface area contributed by atoms with Gasteiger partial charge < -0.3 is 14.8 Å². The summed E-state index contributed by atoms with van der Waals surface area (Å²) < 4.78 is 12.4. The molecule has 1 aromatic heterocycles. The molecule has 190 valence electrons. The van der Waals surface area contributed by atoms with E-state index in [1.807, 2.05) is 48.5 Å². The van der Waals surface area contributed by atoms with Gasteiger partial charge in [0.25, 0.3) is 11.5 Å². The number of methoxy groups -OCH3 is 2. The van der Waals surface area contributed by atoms with Crippen molar-refractivity contribution in [3.63, 3.8) is 0 Å². The fourth-order valence-electron chi connectivity index (χ4n) is 4.63. The third-order valence-electron chi connectivity index (χ3n) is 6.60. The molecule has 7 nitrogen and oxygen atoms in total. The van der Waals surface area contributed by atoms with Crippen molar-refractivity contribution in [3.8, 4) is 17.2 Å². The highest BCUT2D eigenvalue weighted by Gasteiger charge is 2.20. The van der Waals surface area contributed by atoms with Crippen LogP contribution in [0.25, 0.3) is 16.6 Å². The molecule has 0 atom stereocenters. The maximum atomic E-state index is 13.8. The Morgan fingerprint density at radius 1 is 1.00 bits per heavy atom. The predicted octanol–water partition coefficient (Wildman–Crippen LogP) is 5.37. The third kappa shape index (κ3) is 5.49. The summed E-state index contributed by atoms with van der Waals surface area (Å²) in [5.41, 5.74) is 2.51. The molecule has 1 fully saturated rings. The second kappa shape index (κ2) is 11.1. The molecule has 0 unspecified atom stereocenters. The molecule has 4 aromatic rings. The van der Waals surface area contributed by atoms with Crippen LogP contribution in [0, 0.1) is 0 Å². The molecule has 1 amide bonds. The van der Waals surface area contributed by atoms with Gasteiger partial charge in [-0.25, -0.2) is 4.98 Å². The lowest BCUT2D eigenvalue weighted by Gasteiger charge is -2.15. The van der Waals surface area contributed by atoms with Crippen LogP contribution in [-0.2, 0) is 5.75 Å². The Morgan fingerprint density at radius 2 is 1.73 bits per heavy atom. The van der Waals surface area contributed by atoms with E-state index in [1.54, 1.807) is 37.0 Å². The van der Waals surface area contributed by atoms with E-state index in [9.17, 15) is 9.59 Å². The molecule has 1 heterocycles. The smallest absolute Gasteiger partial charge is 0.266 e. The summed E-state index contributed by atoms with van der Waals surface area (Å²) in [6.07, 6.45) is 4.30. The molecule has 8 heteroatoms. The first-order valence-electron chi connectivity index (χ1n) is 12.3. The highest BCUT2D eigenvalue weighted by Crippen LogP contribution is 2.28. The lowest BCUT2D eigenvalue weighted by Crippen LogP contribution is -2.32. The standard InChI is InChI=1S/C29H29N3O4S/c1-35-23-11-5-7-19(15-23)18-37-29-31-26-16-20(27(33)30-21-8-3-4-9-21)13-14-25(26)28(34)32(29)22-10-6-12-24(17-22)36-2/h5-7,10-17,21H,3-4,8-9,18H2,1-2H3,(H,30,33). The van der Waals surface area contributed by atoms with E-state index >= 15 is 0 Å². The topological polar surface area (TPSA) is 82.5 Å². The van der Waals surface area contributed by atoms with Crippen LogP contribution in [0.5, 0.6) is 11.5 Å².